The lowest BCUT2D eigenvalue weighted by molar-refractivity contribution is 0.0695. The first-order valence-electron chi connectivity index (χ1n) is 10.3. The third kappa shape index (κ3) is 3.14. The van der Waals surface area contributed by atoms with Crippen LogP contribution in [0.3, 0.4) is 0 Å². The predicted molar refractivity (Wildman–Crippen MR) is 115 cm³/mol. The monoisotopic (exact) mass is 423 g/mol. The third-order valence-corrected chi connectivity index (χ3v) is 6.21. The Morgan fingerprint density at radius 1 is 1.35 bits per heavy atom. The predicted octanol–water partition coefficient (Wildman–Crippen LogP) is 3.83. The van der Waals surface area contributed by atoms with E-state index in [1.54, 1.807) is 28.8 Å². The number of hydrogen-bond donors (Lipinski definition) is 2. The smallest absolute Gasteiger partial charge is 0.341 e. The number of ether oxygens (including phenoxy) is 1. The summed E-state index contributed by atoms with van der Waals surface area (Å²) < 4.78 is 22.8. The van der Waals surface area contributed by atoms with Gasteiger partial charge in [-0.05, 0) is 51.1 Å². The maximum absolute atomic E-state index is 15.1. The van der Waals surface area contributed by atoms with Gasteiger partial charge in [-0.25, -0.2) is 9.18 Å². The van der Waals surface area contributed by atoms with Gasteiger partial charge < -0.3 is 24.6 Å². The molecule has 2 aliphatic rings. The van der Waals surface area contributed by atoms with Gasteiger partial charge in [0.05, 0.1) is 11.1 Å². The summed E-state index contributed by atoms with van der Waals surface area (Å²) in [6.07, 6.45) is 4.42. The van der Waals surface area contributed by atoms with Gasteiger partial charge in [0.15, 0.2) is 17.3 Å². The Kier molecular flexibility index (Phi) is 4.66. The molecule has 2 N–H and O–H groups in total. The zero-order chi connectivity index (χ0) is 21.7. The van der Waals surface area contributed by atoms with Crippen LogP contribution in [-0.4, -0.2) is 46.7 Å². The maximum Gasteiger partial charge on any atom is 0.341 e. The molecule has 1 saturated heterocycles. The Balaban J connectivity index is 1.64. The fraction of sp³-hybridized carbons (Fsp3) is 0.304. The standard InChI is InChI=1S/C23H22FN3O4/c1-26-10-4-5-13(26)8-9-25-19-16(24)11-14-20-22(19)31-18-7-3-2-6-17(18)27(20)12-15(21(14)28)23(29)30/h2-3,6-7,11-13,25H,4-5,8-10H2,1H3,(H,29,30). The topological polar surface area (TPSA) is 83.8 Å². The molecule has 3 aromatic rings. The molecule has 1 atom stereocenters. The second kappa shape index (κ2) is 7.39. The van der Waals surface area contributed by atoms with Crippen LogP contribution in [0.25, 0.3) is 16.6 Å². The third-order valence-electron chi connectivity index (χ3n) is 6.21. The average molecular weight is 423 g/mol. The summed E-state index contributed by atoms with van der Waals surface area (Å²) in [5.41, 5.74) is -0.0253. The number of anilines is 1. The molecule has 1 aromatic heterocycles. The van der Waals surface area contributed by atoms with Crippen LogP contribution in [0.1, 0.15) is 29.6 Å². The molecule has 7 nitrogen and oxygen atoms in total. The van der Waals surface area contributed by atoms with Crippen molar-refractivity contribution in [2.24, 2.45) is 0 Å². The van der Waals surface area contributed by atoms with E-state index in [9.17, 15) is 14.7 Å². The molecule has 3 heterocycles. The van der Waals surface area contributed by atoms with Crippen molar-refractivity contribution in [2.45, 2.75) is 25.3 Å². The largest absolute Gasteiger partial charge is 0.477 e. The second-order valence-electron chi connectivity index (χ2n) is 8.07. The molecule has 2 aliphatic heterocycles. The van der Waals surface area contributed by atoms with Crippen LogP contribution in [0.15, 0.2) is 41.3 Å². The molecule has 2 aromatic carbocycles. The van der Waals surface area contributed by atoms with Gasteiger partial charge in [-0.2, -0.15) is 0 Å². The number of carboxylic acids is 1. The summed E-state index contributed by atoms with van der Waals surface area (Å²) in [5.74, 6) is -1.35. The molecular formula is C23H22FN3O4. The van der Waals surface area contributed by atoms with Crippen LogP contribution in [0, 0.1) is 5.82 Å². The van der Waals surface area contributed by atoms with Crippen LogP contribution in [0.5, 0.6) is 11.5 Å². The number of fused-ring (bicyclic) bond motifs is 2. The van der Waals surface area contributed by atoms with Crippen molar-refractivity contribution in [2.75, 3.05) is 25.5 Å². The number of carbonyl (C=O) groups is 1. The van der Waals surface area contributed by atoms with Crippen LogP contribution in [-0.2, 0) is 0 Å². The van der Waals surface area contributed by atoms with Crippen molar-refractivity contribution in [3.8, 4) is 17.2 Å². The number of likely N-dealkylation sites (tertiary alicyclic amines) is 1. The normalized spacial score (nSPS) is 17.4. The lowest BCUT2D eigenvalue weighted by Crippen LogP contribution is -2.27. The van der Waals surface area contributed by atoms with Crippen LogP contribution < -0.4 is 15.5 Å². The Morgan fingerprint density at radius 2 is 2.16 bits per heavy atom. The van der Waals surface area contributed by atoms with Crippen LogP contribution in [0.2, 0.25) is 0 Å². The first-order chi connectivity index (χ1) is 15.0. The van der Waals surface area contributed by atoms with Gasteiger partial charge in [0.2, 0.25) is 5.43 Å². The molecule has 1 fully saturated rings. The first-order valence-corrected chi connectivity index (χ1v) is 10.3. The fourth-order valence-corrected chi connectivity index (χ4v) is 4.59. The van der Waals surface area contributed by atoms with E-state index in [1.165, 1.54) is 6.20 Å². The SMILES string of the molecule is CN1CCCC1CCNc1c(F)cc2c(=O)c(C(=O)O)cn3c2c1Oc1ccccc1-3. The molecule has 5 rings (SSSR count). The summed E-state index contributed by atoms with van der Waals surface area (Å²) >= 11 is 0. The Morgan fingerprint density at radius 3 is 2.90 bits per heavy atom. The van der Waals surface area contributed by atoms with E-state index < -0.39 is 22.8 Å². The average Bonchev–Trinajstić information content (AvgIpc) is 3.16. The number of aromatic carboxylic acids is 1. The summed E-state index contributed by atoms with van der Waals surface area (Å²) in [7, 11) is 2.09. The highest BCUT2D eigenvalue weighted by atomic mass is 19.1. The minimum atomic E-state index is -1.36. The van der Waals surface area contributed by atoms with Gasteiger partial charge in [0.1, 0.15) is 16.8 Å². The Hall–Kier alpha value is -3.39. The number of para-hydroxylation sites is 2. The molecule has 0 spiro atoms. The minimum Gasteiger partial charge on any atom is -0.477 e. The lowest BCUT2D eigenvalue weighted by atomic mass is 10.1. The molecule has 1 unspecified atom stereocenters. The lowest BCUT2D eigenvalue weighted by Gasteiger charge is -2.26. The summed E-state index contributed by atoms with van der Waals surface area (Å²) in [6, 6.07) is 8.61. The maximum atomic E-state index is 15.1. The summed E-state index contributed by atoms with van der Waals surface area (Å²) in [6.45, 7) is 1.62. The van der Waals surface area contributed by atoms with E-state index in [-0.39, 0.29) is 16.8 Å². The first kappa shape index (κ1) is 19.6. The molecule has 0 amide bonds. The van der Waals surface area contributed by atoms with Gasteiger partial charge in [-0.3, -0.25) is 4.79 Å². The van der Waals surface area contributed by atoms with E-state index in [0.717, 1.165) is 31.9 Å². The fourth-order valence-electron chi connectivity index (χ4n) is 4.59. The summed E-state index contributed by atoms with van der Waals surface area (Å²) in [4.78, 5) is 26.7. The van der Waals surface area contributed by atoms with Crippen molar-refractivity contribution >= 4 is 22.6 Å². The molecule has 0 aliphatic carbocycles. The van der Waals surface area contributed by atoms with Crippen molar-refractivity contribution in [1.82, 2.24) is 9.47 Å². The van der Waals surface area contributed by atoms with Gasteiger partial charge in [-0.15, -0.1) is 0 Å². The molecule has 31 heavy (non-hydrogen) atoms. The number of pyridine rings is 1. The highest BCUT2D eigenvalue weighted by Crippen LogP contribution is 2.45. The molecule has 8 heteroatoms. The Labute approximate surface area is 177 Å². The number of nitrogens with one attached hydrogen (secondary N) is 1. The van der Waals surface area contributed by atoms with Gasteiger partial charge in [0, 0.05) is 18.8 Å². The van der Waals surface area contributed by atoms with E-state index >= 15 is 4.39 Å². The van der Waals surface area contributed by atoms with Crippen molar-refractivity contribution in [3.63, 3.8) is 0 Å². The number of nitrogens with zero attached hydrogens (tertiary/aromatic N) is 2. The highest BCUT2D eigenvalue weighted by Gasteiger charge is 2.28. The number of carboxylic acid groups (broad SMARTS) is 1. The Bertz CT molecular complexity index is 1270. The van der Waals surface area contributed by atoms with Crippen LogP contribution in [0.4, 0.5) is 10.1 Å². The number of halogens is 1. The van der Waals surface area contributed by atoms with Gasteiger partial charge in [-0.1, -0.05) is 12.1 Å². The zero-order valence-corrected chi connectivity index (χ0v) is 17.0. The van der Waals surface area contributed by atoms with Crippen LogP contribution >= 0.6 is 0 Å². The minimum absolute atomic E-state index is 0.0250. The van der Waals surface area contributed by atoms with E-state index in [0.29, 0.717) is 29.5 Å². The zero-order valence-electron chi connectivity index (χ0n) is 17.0. The van der Waals surface area contributed by atoms with E-state index in [2.05, 4.69) is 17.3 Å². The van der Waals surface area contributed by atoms with E-state index in [4.69, 9.17) is 4.74 Å². The highest BCUT2D eigenvalue weighted by molar-refractivity contribution is 5.98. The van der Waals surface area contributed by atoms with Gasteiger partial charge >= 0.3 is 5.97 Å². The molecule has 0 radical (unpaired) electrons. The molecule has 0 bridgehead atoms. The van der Waals surface area contributed by atoms with Crippen molar-refractivity contribution < 1.29 is 19.0 Å². The number of hydrogen-bond acceptors (Lipinski definition) is 5. The molecular weight excluding hydrogens is 401 g/mol. The number of aromatic nitrogens is 1. The summed E-state index contributed by atoms with van der Waals surface area (Å²) in [5, 5.41) is 12.6. The molecule has 0 saturated carbocycles. The molecule has 160 valence electrons. The van der Waals surface area contributed by atoms with Crippen molar-refractivity contribution in [1.29, 1.82) is 0 Å². The quantitative estimate of drug-likeness (QED) is 0.508. The number of rotatable bonds is 5. The van der Waals surface area contributed by atoms with Crippen molar-refractivity contribution in [3.05, 3.63) is 58.1 Å². The number of benzene rings is 2. The van der Waals surface area contributed by atoms with Gasteiger partial charge in [0.25, 0.3) is 0 Å². The second-order valence-corrected chi connectivity index (χ2v) is 8.07. The van der Waals surface area contributed by atoms with E-state index in [1.807, 2.05) is 0 Å².